The van der Waals surface area contributed by atoms with Gasteiger partial charge in [-0.05, 0) is 13.3 Å². The van der Waals surface area contributed by atoms with E-state index < -0.39 is 0 Å². The van der Waals surface area contributed by atoms with E-state index >= 15 is 0 Å². The van der Waals surface area contributed by atoms with E-state index in [0.717, 1.165) is 22.7 Å². The molecule has 0 aliphatic heterocycles. The molecule has 0 aromatic carbocycles. The second kappa shape index (κ2) is 6.85. The van der Waals surface area contributed by atoms with Crippen molar-refractivity contribution < 1.29 is 0 Å². The minimum Gasteiger partial charge on any atom is -0.377 e. The van der Waals surface area contributed by atoms with Gasteiger partial charge in [0, 0.05) is 17.6 Å². The molecule has 2 aromatic rings. The van der Waals surface area contributed by atoms with Gasteiger partial charge in [-0.15, -0.1) is 11.3 Å². The first-order valence-electron chi connectivity index (χ1n) is 6.52. The number of halogens is 1. The van der Waals surface area contributed by atoms with E-state index in [2.05, 4.69) is 22.3 Å². The maximum atomic E-state index is 12.0. The van der Waals surface area contributed by atoms with Gasteiger partial charge in [-0.2, -0.15) is 5.10 Å². The summed E-state index contributed by atoms with van der Waals surface area (Å²) in [5, 5.41) is 8.48. The molecule has 0 saturated heterocycles. The molecule has 0 amide bonds. The molecule has 0 bridgehead atoms. The van der Waals surface area contributed by atoms with Gasteiger partial charge in [-0.1, -0.05) is 24.9 Å². The van der Waals surface area contributed by atoms with Gasteiger partial charge in [0.1, 0.15) is 5.02 Å². The largest absolute Gasteiger partial charge is 0.377 e. The van der Waals surface area contributed by atoms with Crippen LogP contribution < -0.4 is 10.9 Å². The van der Waals surface area contributed by atoms with Crippen LogP contribution in [-0.2, 0) is 13.1 Å². The summed E-state index contributed by atoms with van der Waals surface area (Å²) in [5.74, 6) is 0. The molecule has 5 nitrogen and oxygen atoms in total. The molecule has 2 heterocycles. The Morgan fingerprint density at radius 1 is 1.45 bits per heavy atom. The Kier molecular flexibility index (Phi) is 5.14. The first-order chi connectivity index (χ1) is 9.61. The Bertz CT molecular complexity index is 638. The van der Waals surface area contributed by atoms with Crippen molar-refractivity contribution in [1.82, 2.24) is 14.8 Å². The molecule has 2 rings (SSSR count). The normalized spacial score (nSPS) is 10.8. The van der Waals surface area contributed by atoms with Gasteiger partial charge in [-0.3, -0.25) is 4.79 Å². The molecular formula is C13H17ClN4OS. The third-order valence-electron chi connectivity index (χ3n) is 2.83. The van der Waals surface area contributed by atoms with Crippen LogP contribution in [0.4, 0.5) is 5.69 Å². The van der Waals surface area contributed by atoms with Gasteiger partial charge >= 0.3 is 0 Å². The highest BCUT2D eigenvalue weighted by molar-refractivity contribution is 7.11. The number of thiazole rings is 1. The molecule has 7 heteroatoms. The summed E-state index contributed by atoms with van der Waals surface area (Å²) in [4.78, 5) is 17.3. The van der Waals surface area contributed by atoms with Crippen molar-refractivity contribution in [3.8, 4) is 0 Å². The second-order valence-corrected chi connectivity index (χ2v) is 6.15. The van der Waals surface area contributed by atoms with Crippen LogP contribution in [0.25, 0.3) is 0 Å². The fourth-order valence-corrected chi connectivity index (χ4v) is 2.67. The lowest BCUT2D eigenvalue weighted by atomic mass is 10.3. The number of rotatable bonds is 6. The van der Waals surface area contributed by atoms with Crippen LogP contribution in [-0.4, -0.2) is 14.8 Å². The van der Waals surface area contributed by atoms with E-state index in [0.29, 0.717) is 18.8 Å². The summed E-state index contributed by atoms with van der Waals surface area (Å²) in [6, 6.07) is 0. The first kappa shape index (κ1) is 15.0. The van der Waals surface area contributed by atoms with Gasteiger partial charge < -0.3 is 5.32 Å². The highest BCUT2D eigenvalue weighted by Gasteiger charge is 2.09. The van der Waals surface area contributed by atoms with Crippen molar-refractivity contribution in [2.75, 3.05) is 5.32 Å². The summed E-state index contributed by atoms with van der Waals surface area (Å²) in [5.41, 5.74) is 0.320. The van der Waals surface area contributed by atoms with Crippen molar-refractivity contribution >= 4 is 28.6 Å². The highest BCUT2D eigenvalue weighted by Crippen LogP contribution is 2.18. The lowest BCUT2D eigenvalue weighted by Crippen LogP contribution is -2.24. The molecule has 0 radical (unpaired) electrons. The number of aromatic nitrogens is 3. The van der Waals surface area contributed by atoms with Gasteiger partial charge in [0.15, 0.2) is 0 Å². The fraction of sp³-hybridized carbons (Fsp3) is 0.462. The molecule has 0 fully saturated rings. The Morgan fingerprint density at radius 2 is 2.25 bits per heavy atom. The van der Waals surface area contributed by atoms with E-state index in [9.17, 15) is 4.79 Å². The van der Waals surface area contributed by atoms with Crippen LogP contribution in [0.2, 0.25) is 5.02 Å². The van der Waals surface area contributed by atoms with E-state index in [1.807, 2.05) is 13.1 Å². The monoisotopic (exact) mass is 312 g/mol. The standard InChI is InChI=1S/C13H17ClN4OS/c1-3-4-5-18-13(19)12(14)11(8-17-18)16-7-10-6-15-9(2)20-10/h6,8,16H,3-5,7H2,1-2H3. The minimum absolute atomic E-state index is 0.192. The van der Waals surface area contributed by atoms with Crippen LogP contribution >= 0.6 is 22.9 Å². The second-order valence-electron chi connectivity index (χ2n) is 4.45. The molecular weight excluding hydrogens is 296 g/mol. The molecule has 0 aliphatic rings. The fourth-order valence-electron chi connectivity index (χ4n) is 1.72. The molecule has 0 aliphatic carbocycles. The average Bonchev–Trinajstić information content (AvgIpc) is 2.85. The zero-order valence-corrected chi connectivity index (χ0v) is 13.1. The lowest BCUT2D eigenvalue weighted by molar-refractivity contribution is 0.543. The maximum Gasteiger partial charge on any atom is 0.287 e. The third kappa shape index (κ3) is 3.58. The summed E-state index contributed by atoms with van der Waals surface area (Å²) in [6.07, 6.45) is 5.34. The van der Waals surface area contributed by atoms with E-state index in [-0.39, 0.29) is 10.6 Å². The molecule has 108 valence electrons. The Labute approximate surface area is 126 Å². The highest BCUT2D eigenvalue weighted by atomic mass is 35.5. The third-order valence-corrected chi connectivity index (χ3v) is 4.11. The van der Waals surface area contributed by atoms with Crippen molar-refractivity contribution in [3.05, 3.63) is 37.7 Å². The quantitative estimate of drug-likeness (QED) is 0.890. The van der Waals surface area contributed by atoms with Crippen LogP contribution in [0.5, 0.6) is 0 Å². The van der Waals surface area contributed by atoms with Crippen LogP contribution in [0, 0.1) is 6.92 Å². The molecule has 0 unspecified atom stereocenters. The van der Waals surface area contributed by atoms with Crippen molar-refractivity contribution in [2.24, 2.45) is 0 Å². The summed E-state index contributed by atoms with van der Waals surface area (Å²) in [7, 11) is 0. The molecule has 0 saturated carbocycles. The first-order valence-corrected chi connectivity index (χ1v) is 7.72. The van der Waals surface area contributed by atoms with Gasteiger partial charge in [0.2, 0.25) is 0 Å². The zero-order valence-electron chi connectivity index (χ0n) is 11.5. The molecule has 0 spiro atoms. The predicted molar refractivity (Wildman–Crippen MR) is 82.6 cm³/mol. The number of hydrogen-bond acceptors (Lipinski definition) is 5. The zero-order chi connectivity index (χ0) is 14.5. The van der Waals surface area contributed by atoms with E-state index in [1.165, 1.54) is 4.68 Å². The number of nitrogens with one attached hydrogen (secondary N) is 1. The van der Waals surface area contributed by atoms with Crippen molar-refractivity contribution in [3.63, 3.8) is 0 Å². The van der Waals surface area contributed by atoms with Crippen molar-refractivity contribution in [1.29, 1.82) is 0 Å². The lowest BCUT2D eigenvalue weighted by Gasteiger charge is -2.09. The molecule has 20 heavy (non-hydrogen) atoms. The summed E-state index contributed by atoms with van der Waals surface area (Å²) >= 11 is 7.71. The SMILES string of the molecule is CCCCn1ncc(NCc2cnc(C)s2)c(Cl)c1=O. The number of nitrogens with zero attached hydrogens (tertiary/aromatic N) is 3. The van der Waals surface area contributed by atoms with Gasteiger partial charge in [-0.25, -0.2) is 9.67 Å². The van der Waals surface area contributed by atoms with Gasteiger partial charge in [0.25, 0.3) is 5.56 Å². The van der Waals surface area contributed by atoms with E-state index in [4.69, 9.17) is 11.6 Å². The van der Waals surface area contributed by atoms with E-state index in [1.54, 1.807) is 17.5 Å². The van der Waals surface area contributed by atoms with Gasteiger partial charge in [0.05, 0.1) is 23.4 Å². The topological polar surface area (TPSA) is 59.8 Å². The molecule has 2 aromatic heterocycles. The van der Waals surface area contributed by atoms with Crippen LogP contribution in [0.3, 0.4) is 0 Å². The molecule has 0 atom stereocenters. The molecule has 1 N–H and O–H groups in total. The number of aryl methyl sites for hydroxylation is 2. The Hall–Kier alpha value is -1.40. The Balaban J connectivity index is 2.09. The minimum atomic E-state index is -0.245. The summed E-state index contributed by atoms with van der Waals surface area (Å²) < 4.78 is 1.41. The average molecular weight is 313 g/mol. The van der Waals surface area contributed by atoms with Crippen LogP contribution in [0.1, 0.15) is 29.7 Å². The van der Waals surface area contributed by atoms with Crippen LogP contribution in [0.15, 0.2) is 17.2 Å². The number of unbranched alkanes of at least 4 members (excludes halogenated alkanes) is 1. The maximum absolute atomic E-state index is 12.0. The Morgan fingerprint density at radius 3 is 2.90 bits per heavy atom. The summed E-state index contributed by atoms with van der Waals surface area (Å²) in [6.45, 7) is 5.21. The number of anilines is 1. The number of hydrogen-bond donors (Lipinski definition) is 1. The smallest absolute Gasteiger partial charge is 0.287 e. The predicted octanol–water partition coefficient (Wildman–Crippen LogP) is 3.07. The van der Waals surface area contributed by atoms with Crippen molar-refractivity contribution in [2.45, 2.75) is 39.8 Å².